The van der Waals surface area contributed by atoms with E-state index in [0.717, 1.165) is 5.56 Å². The number of rotatable bonds is 8. The molecule has 0 aromatic heterocycles. The van der Waals surface area contributed by atoms with Gasteiger partial charge in [0, 0.05) is 36.8 Å². The second-order valence-electron chi connectivity index (χ2n) is 6.45. The van der Waals surface area contributed by atoms with Crippen LogP contribution in [0.4, 0.5) is 11.4 Å². The zero-order valence-electron chi connectivity index (χ0n) is 16.1. The van der Waals surface area contributed by atoms with Gasteiger partial charge in [-0.3, -0.25) is 9.59 Å². The summed E-state index contributed by atoms with van der Waals surface area (Å²) < 4.78 is 0. The van der Waals surface area contributed by atoms with Crippen molar-refractivity contribution in [2.45, 2.75) is 18.9 Å². The third-order valence-electron chi connectivity index (χ3n) is 3.87. The summed E-state index contributed by atoms with van der Waals surface area (Å²) >= 11 is 0. The summed E-state index contributed by atoms with van der Waals surface area (Å²) in [6.45, 7) is 0.696. The largest absolute Gasteiger partial charge is 0.326 e. The number of hydrogen-bond acceptors (Lipinski definition) is 4. The van der Waals surface area contributed by atoms with Crippen molar-refractivity contribution in [2.24, 2.45) is 5.73 Å². The van der Waals surface area contributed by atoms with E-state index in [1.165, 1.54) is 0 Å². The van der Waals surface area contributed by atoms with Crippen LogP contribution in [0.1, 0.15) is 24.4 Å². The molecule has 0 spiro atoms. The minimum Gasteiger partial charge on any atom is -0.326 e. The van der Waals surface area contributed by atoms with Crippen LogP contribution in [0.15, 0.2) is 54.6 Å². The highest BCUT2D eigenvalue weighted by Gasteiger charge is 2.11. The first-order valence-electron chi connectivity index (χ1n) is 8.59. The van der Waals surface area contributed by atoms with Crippen LogP contribution in [0, 0.1) is 0 Å². The number of nitrogens with zero attached hydrogens (tertiary/aromatic N) is 1. The van der Waals surface area contributed by atoms with E-state index in [1.807, 2.05) is 49.3 Å². The molecule has 0 aliphatic heterocycles. The number of nitrogens with one attached hydrogen (secondary N) is 2. The molecule has 2 rings (SSSR count). The average Bonchev–Trinajstić information content (AvgIpc) is 2.62. The summed E-state index contributed by atoms with van der Waals surface area (Å²) in [4.78, 5) is 25.9. The summed E-state index contributed by atoms with van der Waals surface area (Å²) in [5, 5.41) is 5.66. The quantitative estimate of drug-likeness (QED) is 0.602. The van der Waals surface area contributed by atoms with Crippen molar-refractivity contribution in [3.05, 3.63) is 60.2 Å². The molecule has 154 valence electrons. The zero-order valence-corrected chi connectivity index (χ0v) is 17.7. The van der Waals surface area contributed by atoms with E-state index in [9.17, 15) is 9.59 Å². The summed E-state index contributed by atoms with van der Waals surface area (Å²) in [5.41, 5.74) is 8.37. The van der Waals surface area contributed by atoms with Crippen molar-refractivity contribution < 1.29 is 9.59 Å². The predicted molar refractivity (Wildman–Crippen MR) is 119 cm³/mol. The van der Waals surface area contributed by atoms with Crippen LogP contribution in [-0.4, -0.2) is 37.4 Å². The van der Waals surface area contributed by atoms with Gasteiger partial charge in [-0.25, -0.2) is 0 Å². The number of hydrogen-bond donors (Lipinski definition) is 3. The summed E-state index contributed by atoms with van der Waals surface area (Å²) in [5.74, 6) is -0.187. The Bertz CT molecular complexity index is 725. The molecule has 0 saturated heterocycles. The van der Waals surface area contributed by atoms with Gasteiger partial charge in [0.15, 0.2) is 0 Å². The number of carbonyl (C=O) groups is 2. The van der Waals surface area contributed by atoms with E-state index < -0.39 is 0 Å². The number of anilines is 2. The molecule has 2 aromatic rings. The minimum absolute atomic E-state index is 0. The van der Waals surface area contributed by atoms with Crippen LogP contribution in [0.2, 0.25) is 0 Å². The van der Waals surface area contributed by atoms with Crippen molar-refractivity contribution >= 4 is 48.0 Å². The Labute approximate surface area is 178 Å². The van der Waals surface area contributed by atoms with Gasteiger partial charge in [-0.15, -0.1) is 24.8 Å². The molecule has 28 heavy (non-hydrogen) atoms. The van der Waals surface area contributed by atoms with E-state index in [2.05, 4.69) is 10.6 Å². The van der Waals surface area contributed by atoms with Crippen LogP contribution in [-0.2, 0) is 9.59 Å². The van der Waals surface area contributed by atoms with Gasteiger partial charge in [0.2, 0.25) is 11.8 Å². The fourth-order valence-electron chi connectivity index (χ4n) is 2.42. The van der Waals surface area contributed by atoms with Gasteiger partial charge >= 0.3 is 0 Å². The number of halogens is 2. The Morgan fingerprint density at radius 2 is 1.39 bits per heavy atom. The SMILES string of the molecule is CN(C)CCC(=O)Nc1ccc(NC(=O)CC(N)c2ccccc2)cc1.Cl.Cl. The molecule has 0 saturated carbocycles. The number of amides is 2. The lowest BCUT2D eigenvalue weighted by Gasteiger charge is -2.13. The first-order valence-corrected chi connectivity index (χ1v) is 8.59. The van der Waals surface area contributed by atoms with Crippen LogP contribution in [0.5, 0.6) is 0 Å². The molecular weight excluding hydrogens is 399 g/mol. The maximum absolute atomic E-state index is 12.1. The number of nitrogens with two attached hydrogens (primary N) is 1. The molecule has 0 aliphatic carbocycles. The standard InChI is InChI=1S/C20H26N4O2.2ClH/c1-24(2)13-12-19(25)22-16-8-10-17(11-9-16)23-20(26)14-18(21)15-6-4-3-5-7-15;;/h3-11,18H,12-14,21H2,1-2H3,(H,22,25)(H,23,26);2*1H. The van der Waals surface area contributed by atoms with Crippen molar-refractivity contribution in [2.75, 3.05) is 31.3 Å². The predicted octanol–water partition coefficient (Wildman–Crippen LogP) is 3.45. The monoisotopic (exact) mass is 426 g/mol. The molecule has 2 amide bonds. The smallest absolute Gasteiger partial charge is 0.226 e. The van der Waals surface area contributed by atoms with E-state index in [0.29, 0.717) is 24.3 Å². The second kappa shape index (κ2) is 13.1. The first kappa shape index (κ1) is 25.9. The van der Waals surface area contributed by atoms with E-state index in [4.69, 9.17) is 5.73 Å². The van der Waals surface area contributed by atoms with Gasteiger partial charge in [-0.1, -0.05) is 30.3 Å². The van der Waals surface area contributed by atoms with E-state index in [1.54, 1.807) is 24.3 Å². The fourth-order valence-corrected chi connectivity index (χ4v) is 2.42. The summed E-state index contributed by atoms with van der Waals surface area (Å²) in [7, 11) is 3.85. The Kier molecular flexibility index (Phi) is 12.1. The molecule has 0 bridgehead atoms. The van der Waals surface area contributed by atoms with Crippen molar-refractivity contribution in [3.8, 4) is 0 Å². The molecular formula is C20H28Cl2N4O2. The van der Waals surface area contributed by atoms with Crippen molar-refractivity contribution in [3.63, 3.8) is 0 Å². The topological polar surface area (TPSA) is 87.5 Å². The maximum Gasteiger partial charge on any atom is 0.226 e. The van der Waals surface area contributed by atoms with Gasteiger partial charge in [-0.05, 0) is 43.9 Å². The summed E-state index contributed by atoms with van der Waals surface area (Å²) in [6.07, 6.45) is 0.635. The lowest BCUT2D eigenvalue weighted by atomic mass is 10.0. The van der Waals surface area contributed by atoms with E-state index in [-0.39, 0.29) is 49.1 Å². The van der Waals surface area contributed by atoms with Gasteiger partial charge in [-0.2, -0.15) is 0 Å². The molecule has 0 aliphatic rings. The van der Waals surface area contributed by atoms with Crippen LogP contribution >= 0.6 is 24.8 Å². The van der Waals surface area contributed by atoms with Gasteiger partial charge < -0.3 is 21.3 Å². The fraction of sp³-hybridized carbons (Fsp3) is 0.300. The third kappa shape index (κ3) is 9.19. The molecule has 0 heterocycles. The molecule has 0 radical (unpaired) electrons. The van der Waals surface area contributed by atoms with Gasteiger partial charge in [0.1, 0.15) is 0 Å². The highest BCUT2D eigenvalue weighted by Crippen LogP contribution is 2.17. The molecule has 2 aromatic carbocycles. The van der Waals surface area contributed by atoms with Crippen LogP contribution in [0.3, 0.4) is 0 Å². The zero-order chi connectivity index (χ0) is 18.9. The second-order valence-corrected chi connectivity index (χ2v) is 6.45. The Balaban J connectivity index is 0.00000364. The first-order chi connectivity index (χ1) is 12.4. The lowest BCUT2D eigenvalue weighted by Crippen LogP contribution is -2.21. The highest BCUT2D eigenvalue weighted by molar-refractivity contribution is 5.93. The number of carbonyl (C=O) groups excluding carboxylic acids is 2. The Hall–Kier alpha value is -2.12. The Morgan fingerprint density at radius 3 is 1.89 bits per heavy atom. The van der Waals surface area contributed by atoms with Gasteiger partial charge in [0.25, 0.3) is 0 Å². The molecule has 8 heteroatoms. The molecule has 0 fully saturated rings. The maximum atomic E-state index is 12.1. The van der Waals surface area contributed by atoms with Gasteiger partial charge in [0.05, 0.1) is 0 Å². The molecule has 1 atom stereocenters. The van der Waals surface area contributed by atoms with Crippen molar-refractivity contribution in [1.82, 2.24) is 4.90 Å². The Morgan fingerprint density at radius 1 is 0.893 bits per heavy atom. The van der Waals surface area contributed by atoms with Crippen molar-refractivity contribution in [1.29, 1.82) is 0 Å². The molecule has 1 unspecified atom stereocenters. The van der Waals surface area contributed by atoms with Crippen LogP contribution < -0.4 is 16.4 Å². The highest BCUT2D eigenvalue weighted by atomic mass is 35.5. The van der Waals surface area contributed by atoms with E-state index >= 15 is 0 Å². The summed E-state index contributed by atoms with van der Waals surface area (Å²) in [6, 6.07) is 16.2. The number of benzene rings is 2. The molecule has 4 N–H and O–H groups in total. The normalized spacial score (nSPS) is 11.0. The third-order valence-corrected chi connectivity index (χ3v) is 3.87. The minimum atomic E-state index is -0.341. The lowest BCUT2D eigenvalue weighted by molar-refractivity contribution is -0.117. The van der Waals surface area contributed by atoms with Crippen LogP contribution in [0.25, 0.3) is 0 Å². The molecule has 6 nitrogen and oxygen atoms in total. The average molecular weight is 427 g/mol.